The summed E-state index contributed by atoms with van der Waals surface area (Å²) >= 11 is 0. The number of phenolic OH excluding ortho intramolecular Hbond substituents is 1. The molecule has 0 aliphatic heterocycles. The van der Waals surface area contributed by atoms with Crippen molar-refractivity contribution in [3.8, 4) is 11.5 Å². The molecule has 4 aromatic rings. The molecule has 0 spiro atoms. The van der Waals surface area contributed by atoms with Gasteiger partial charge in [0.05, 0.1) is 23.4 Å². The number of azo groups is 2. The molecule has 43 heavy (non-hydrogen) atoms. The Hall–Kier alpha value is -4.44. The zero-order chi connectivity index (χ0) is 31.5. The number of hydrogen-bond acceptors (Lipinski definition) is 11. The molecule has 0 saturated heterocycles. The molecule has 0 aromatic heterocycles. The Kier molecular flexibility index (Phi) is 9.10. The minimum atomic E-state index is -4.80. The number of hydrogen-bond donors (Lipinski definition) is 3. The first kappa shape index (κ1) is 31.5. The number of phenols is 1. The molecule has 0 saturated carbocycles. The Morgan fingerprint density at radius 3 is 2.14 bits per heavy atom. The fraction of sp³-hybridized carbons (Fsp3) is 0.214. The first-order valence-corrected chi connectivity index (χ1v) is 15.8. The van der Waals surface area contributed by atoms with E-state index in [1.165, 1.54) is 41.7 Å². The number of rotatable bonds is 10. The topological polar surface area (TPSA) is 197 Å². The number of sulfonamides is 1. The van der Waals surface area contributed by atoms with Crippen molar-refractivity contribution in [2.24, 2.45) is 20.5 Å². The van der Waals surface area contributed by atoms with E-state index >= 15 is 0 Å². The molecule has 0 heterocycles. The number of nitrogens with two attached hydrogens (primary N) is 1. The van der Waals surface area contributed by atoms with Gasteiger partial charge in [-0.15, -0.1) is 10.2 Å². The van der Waals surface area contributed by atoms with Crippen LogP contribution in [0.5, 0.6) is 11.5 Å². The molecule has 0 amide bonds. The van der Waals surface area contributed by atoms with Crippen LogP contribution in [-0.2, 0) is 20.1 Å². The summed E-state index contributed by atoms with van der Waals surface area (Å²) in [4.78, 5) is -0.496. The smallest absolute Gasteiger partial charge is 0.296 e. The van der Waals surface area contributed by atoms with Crippen molar-refractivity contribution < 1.29 is 31.2 Å². The Labute approximate surface area is 249 Å². The van der Waals surface area contributed by atoms with Gasteiger partial charge >= 0.3 is 0 Å². The van der Waals surface area contributed by atoms with E-state index in [1.54, 1.807) is 45.0 Å². The van der Waals surface area contributed by atoms with Crippen LogP contribution in [0.1, 0.15) is 19.4 Å². The second-order valence-electron chi connectivity index (χ2n) is 9.29. The van der Waals surface area contributed by atoms with Crippen molar-refractivity contribution in [3.63, 3.8) is 0 Å². The highest BCUT2D eigenvalue weighted by Gasteiger charge is 2.23. The molecule has 0 unspecified atom stereocenters. The monoisotopic (exact) mass is 626 g/mol. The van der Waals surface area contributed by atoms with Crippen LogP contribution in [0.3, 0.4) is 0 Å². The highest BCUT2D eigenvalue weighted by molar-refractivity contribution is 7.89. The van der Waals surface area contributed by atoms with Crippen LogP contribution in [0, 0.1) is 6.92 Å². The summed E-state index contributed by atoms with van der Waals surface area (Å²) in [6, 6.07) is 14.9. The summed E-state index contributed by atoms with van der Waals surface area (Å²) < 4.78 is 66.2. The molecule has 0 fully saturated rings. The molecule has 226 valence electrons. The lowest BCUT2D eigenvalue weighted by Gasteiger charge is -2.18. The summed E-state index contributed by atoms with van der Waals surface area (Å²) in [7, 11) is -7.01. The maximum Gasteiger partial charge on any atom is 0.296 e. The van der Waals surface area contributed by atoms with E-state index in [1.807, 2.05) is 0 Å². The van der Waals surface area contributed by atoms with Gasteiger partial charge in [-0.2, -0.15) is 23.0 Å². The van der Waals surface area contributed by atoms with Gasteiger partial charge in [-0.1, -0.05) is 26.0 Å². The van der Waals surface area contributed by atoms with Gasteiger partial charge in [0.15, 0.2) is 5.75 Å². The number of benzene rings is 4. The van der Waals surface area contributed by atoms with Gasteiger partial charge < -0.3 is 15.6 Å². The van der Waals surface area contributed by atoms with E-state index in [-0.39, 0.29) is 32.8 Å². The Morgan fingerprint density at radius 2 is 1.53 bits per heavy atom. The van der Waals surface area contributed by atoms with Crippen LogP contribution in [0.4, 0.5) is 28.4 Å². The molecule has 0 bridgehead atoms. The van der Waals surface area contributed by atoms with Gasteiger partial charge in [0.2, 0.25) is 10.0 Å². The summed E-state index contributed by atoms with van der Waals surface area (Å²) in [5.74, 6) is -0.360. The molecule has 4 aromatic carbocycles. The van der Waals surface area contributed by atoms with E-state index < -0.39 is 36.5 Å². The largest absolute Gasteiger partial charge is 0.505 e. The maximum absolute atomic E-state index is 12.7. The average molecular weight is 627 g/mol. The van der Waals surface area contributed by atoms with Crippen molar-refractivity contribution in [1.29, 1.82) is 0 Å². The SMILES string of the molecule is CCN(CC)S(=O)(=O)c1ccc(N=Nc2cc(OC)c(N=Nc3c(S(=O)(=O)O)cc4cccc(N)c4c3O)cc2C)cc1. The normalized spacial score (nSPS) is 12.6. The number of aromatic hydroxyl groups is 1. The van der Waals surface area contributed by atoms with Gasteiger partial charge in [-0.25, -0.2) is 8.42 Å². The van der Waals surface area contributed by atoms with Crippen molar-refractivity contribution in [1.82, 2.24) is 4.31 Å². The van der Waals surface area contributed by atoms with E-state index in [0.29, 0.717) is 30.0 Å². The molecule has 4 rings (SSSR count). The molecule has 4 N–H and O–H groups in total. The highest BCUT2D eigenvalue weighted by Crippen LogP contribution is 2.44. The summed E-state index contributed by atoms with van der Waals surface area (Å²) in [6.07, 6.45) is 0. The Morgan fingerprint density at radius 1 is 0.884 bits per heavy atom. The first-order chi connectivity index (χ1) is 20.3. The van der Waals surface area contributed by atoms with E-state index in [9.17, 15) is 26.5 Å². The average Bonchev–Trinajstić information content (AvgIpc) is 2.96. The zero-order valence-electron chi connectivity index (χ0n) is 23.8. The number of anilines is 1. The predicted octanol–water partition coefficient (Wildman–Crippen LogP) is 6.55. The molecule has 15 heteroatoms. The van der Waals surface area contributed by atoms with Gasteiger partial charge in [0.1, 0.15) is 22.0 Å². The van der Waals surface area contributed by atoms with E-state index in [4.69, 9.17) is 10.5 Å². The van der Waals surface area contributed by atoms with Crippen LogP contribution in [-0.4, -0.2) is 51.0 Å². The standard InChI is InChI=1S/C28H30N6O7S2/c1-5-34(6-2)42(36,37)20-12-10-19(11-13-20)30-31-22-16-24(41-4)23(14-17(22)3)32-33-27-25(43(38,39)40)15-18-8-7-9-21(29)26(18)28(27)35/h7-16,35H,5-6,29H2,1-4H3,(H,38,39,40). The van der Waals surface area contributed by atoms with Crippen molar-refractivity contribution in [2.45, 2.75) is 30.6 Å². The molecule has 13 nitrogen and oxygen atoms in total. The minimum Gasteiger partial charge on any atom is -0.505 e. The number of methoxy groups -OCH3 is 1. The van der Waals surface area contributed by atoms with Crippen LogP contribution in [0.2, 0.25) is 0 Å². The van der Waals surface area contributed by atoms with E-state index in [0.717, 1.165) is 6.07 Å². The molecule has 0 radical (unpaired) electrons. The van der Waals surface area contributed by atoms with Crippen LogP contribution >= 0.6 is 0 Å². The quantitative estimate of drug-likeness (QED) is 0.0999. The number of aryl methyl sites for hydroxylation is 1. The van der Waals surface area contributed by atoms with E-state index in [2.05, 4.69) is 20.5 Å². The summed E-state index contributed by atoms with van der Waals surface area (Å²) in [5, 5.41) is 27.8. The number of fused-ring (bicyclic) bond motifs is 1. The van der Waals surface area contributed by atoms with Crippen molar-refractivity contribution in [3.05, 3.63) is 66.2 Å². The fourth-order valence-corrected chi connectivity index (χ4v) is 6.46. The fourth-order valence-electron chi connectivity index (χ4n) is 4.34. The highest BCUT2D eigenvalue weighted by atomic mass is 32.2. The number of nitrogens with zero attached hydrogens (tertiary/aromatic N) is 5. The van der Waals surface area contributed by atoms with Crippen LogP contribution < -0.4 is 10.5 Å². The lowest BCUT2D eigenvalue weighted by molar-refractivity contribution is 0.416. The molecular weight excluding hydrogens is 596 g/mol. The third-order valence-electron chi connectivity index (χ3n) is 6.60. The summed E-state index contributed by atoms with van der Waals surface area (Å²) in [6.45, 7) is 5.98. The second-order valence-corrected chi connectivity index (χ2v) is 12.6. The van der Waals surface area contributed by atoms with Crippen molar-refractivity contribution in [2.75, 3.05) is 25.9 Å². The van der Waals surface area contributed by atoms with Crippen LogP contribution in [0.15, 0.2) is 90.9 Å². The zero-order valence-corrected chi connectivity index (χ0v) is 25.4. The van der Waals surface area contributed by atoms with Gasteiger partial charge in [-0.05, 0) is 60.3 Å². The predicted molar refractivity (Wildman–Crippen MR) is 162 cm³/mol. The van der Waals surface area contributed by atoms with Crippen LogP contribution in [0.25, 0.3) is 10.8 Å². The van der Waals surface area contributed by atoms with Crippen molar-refractivity contribution >= 4 is 59.4 Å². The third-order valence-corrected chi connectivity index (χ3v) is 9.53. The molecular formula is C28H30N6O7S2. The lowest BCUT2D eigenvalue weighted by Crippen LogP contribution is -2.30. The van der Waals surface area contributed by atoms with Gasteiger partial charge in [-0.3, -0.25) is 4.55 Å². The van der Waals surface area contributed by atoms with Gasteiger partial charge in [0, 0.05) is 30.2 Å². The molecule has 0 aliphatic rings. The minimum absolute atomic E-state index is 0.153. The molecule has 0 atom stereocenters. The van der Waals surface area contributed by atoms with Gasteiger partial charge in [0.25, 0.3) is 10.1 Å². The Bertz CT molecular complexity index is 1960. The number of ether oxygens (including phenoxy) is 1. The Balaban J connectivity index is 1.68. The number of nitrogen functional groups attached to an aromatic ring is 1. The first-order valence-electron chi connectivity index (χ1n) is 13.0. The molecule has 0 aliphatic carbocycles. The summed E-state index contributed by atoms with van der Waals surface area (Å²) in [5.41, 5.74) is 7.27. The lowest BCUT2D eigenvalue weighted by atomic mass is 10.1. The maximum atomic E-state index is 12.7. The second kappa shape index (κ2) is 12.4. The third kappa shape index (κ3) is 6.49.